The molecule has 1 atom stereocenters. The van der Waals surface area contributed by atoms with Gasteiger partial charge in [-0.3, -0.25) is 0 Å². The standard InChI is InChI=1S/C17H25N3O2/c1-12-2-3-14(9-19-17(18)20-15-4-5-15)16(8-12)22-11-13-6-7-21-10-13/h2-3,8,13,15H,4-7,9-11H2,1H3,(H3,18,19,20). The molecule has 0 spiro atoms. The van der Waals surface area contributed by atoms with Crippen molar-refractivity contribution in [3.63, 3.8) is 0 Å². The van der Waals surface area contributed by atoms with Crippen molar-refractivity contribution in [3.8, 4) is 5.75 Å². The largest absolute Gasteiger partial charge is 0.493 e. The maximum absolute atomic E-state index is 6.02. The molecule has 0 amide bonds. The molecule has 1 aliphatic carbocycles. The second-order valence-corrected chi connectivity index (χ2v) is 6.27. The molecule has 1 unspecified atom stereocenters. The zero-order valence-electron chi connectivity index (χ0n) is 13.2. The smallest absolute Gasteiger partial charge is 0.189 e. The number of hydrogen-bond acceptors (Lipinski definition) is 3. The van der Waals surface area contributed by atoms with Crippen LogP contribution in [0.3, 0.4) is 0 Å². The van der Waals surface area contributed by atoms with E-state index in [4.69, 9.17) is 15.2 Å². The third-order valence-corrected chi connectivity index (χ3v) is 4.07. The molecule has 1 aliphatic heterocycles. The molecule has 120 valence electrons. The normalized spacial score (nSPS) is 21.9. The van der Waals surface area contributed by atoms with Crippen LogP contribution < -0.4 is 15.8 Å². The highest BCUT2D eigenvalue weighted by Gasteiger charge is 2.21. The minimum atomic E-state index is 0.499. The van der Waals surface area contributed by atoms with Gasteiger partial charge in [-0.05, 0) is 37.8 Å². The number of nitrogens with zero attached hydrogens (tertiary/aromatic N) is 1. The molecule has 3 N–H and O–H groups in total. The summed E-state index contributed by atoms with van der Waals surface area (Å²) in [5.74, 6) is 1.94. The molecule has 1 aromatic rings. The molecule has 5 nitrogen and oxygen atoms in total. The first kappa shape index (κ1) is 15.2. The van der Waals surface area contributed by atoms with Crippen molar-refractivity contribution < 1.29 is 9.47 Å². The van der Waals surface area contributed by atoms with Crippen LogP contribution in [0.2, 0.25) is 0 Å². The van der Waals surface area contributed by atoms with Gasteiger partial charge in [0, 0.05) is 24.1 Å². The number of guanidine groups is 1. The summed E-state index contributed by atoms with van der Waals surface area (Å²) in [6.07, 6.45) is 3.47. The number of aliphatic imine (C=N–C) groups is 1. The minimum Gasteiger partial charge on any atom is -0.493 e. The van der Waals surface area contributed by atoms with E-state index in [1.54, 1.807) is 0 Å². The molecule has 1 heterocycles. The number of hydrogen-bond donors (Lipinski definition) is 2. The Balaban J connectivity index is 1.61. The SMILES string of the molecule is Cc1ccc(CN=C(N)NC2CC2)c(OCC2CCOC2)c1. The Morgan fingerprint density at radius 2 is 2.27 bits per heavy atom. The lowest BCUT2D eigenvalue weighted by Crippen LogP contribution is -2.33. The molecule has 2 aliphatic rings. The van der Waals surface area contributed by atoms with Gasteiger partial charge in [-0.1, -0.05) is 12.1 Å². The Hall–Kier alpha value is -1.75. The highest BCUT2D eigenvalue weighted by molar-refractivity contribution is 5.78. The molecule has 5 heteroatoms. The molecular weight excluding hydrogens is 278 g/mol. The van der Waals surface area contributed by atoms with Crippen LogP contribution in [0.1, 0.15) is 30.4 Å². The van der Waals surface area contributed by atoms with Crippen molar-refractivity contribution >= 4 is 5.96 Å². The van der Waals surface area contributed by atoms with Crippen molar-refractivity contribution in [3.05, 3.63) is 29.3 Å². The summed E-state index contributed by atoms with van der Waals surface area (Å²) >= 11 is 0. The van der Waals surface area contributed by atoms with Crippen LogP contribution in [0, 0.1) is 12.8 Å². The van der Waals surface area contributed by atoms with Crippen LogP contribution in [0.25, 0.3) is 0 Å². The average molecular weight is 303 g/mol. The summed E-state index contributed by atoms with van der Waals surface area (Å²) in [7, 11) is 0. The van der Waals surface area contributed by atoms with E-state index in [1.165, 1.54) is 18.4 Å². The summed E-state index contributed by atoms with van der Waals surface area (Å²) in [5.41, 5.74) is 8.16. The number of rotatable bonds is 6. The van der Waals surface area contributed by atoms with Crippen LogP contribution in [-0.4, -0.2) is 31.8 Å². The maximum Gasteiger partial charge on any atom is 0.189 e. The lowest BCUT2D eigenvalue weighted by molar-refractivity contribution is 0.166. The Morgan fingerprint density at radius 1 is 1.41 bits per heavy atom. The second-order valence-electron chi connectivity index (χ2n) is 6.27. The van der Waals surface area contributed by atoms with Gasteiger partial charge in [0.25, 0.3) is 0 Å². The average Bonchev–Trinajstić information content (AvgIpc) is 3.15. The van der Waals surface area contributed by atoms with E-state index in [9.17, 15) is 0 Å². The lowest BCUT2D eigenvalue weighted by atomic mass is 10.1. The second kappa shape index (κ2) is 7.01. The topological polar surface area (TPSA) is 68.9 Å². The fourth-order valence-corrected chi connectivity index (χ4v) is 2.50. The molecule has 0 radical (unpaired) electrons. The molecule has 1 saturated heterocycles. The van der Waals surface area contributed by atoms with E-state index < -0.39 is 0 Å². The molecular formula is C17H25N3O2. The molecule has 0 aromatic heterocycles. The first-order valence-corrected chi connectivity index (χ1v) is 8.07. The number of benzene rings is 1. The third-order valence-electron chi connectivity index (χ3n) is 4.07. The van der Waals surface area contributed by atoms with Gasteiger partial charge in [0.15, 0.2) is 5.96 Å². The monoisotopic (exact) mass is 303 g/mol. The Morgan fingerprint density at radius 3 is 3.00 bits per heavy atom. The first-order chi connectivity index (χ1) is 10.7. The zero-order chi connectivity index (χ0) is 15.4. The van der Waals surface area contributed by atoms with E-state index in [0.717, 1.165) is 30.9 Å². The van der Waals surface area contributed by atoms with E-state index in [2.05, 4.69) is 35.4 Å². The van der Waals surface area contributed by atoms with Crippen LogP contribution >= 0.6 is 0 Å². The van der Waals surface area contributed by atoms with Gasteiger partial charge in [0.1, 0.15) is 5.75 Å². The molecule has 0 bridgehead atoms. The number of ether oxygens (including phenoxy) is 2. The van der Waals surface area contributed by atoms with Gasteiger partial charge in [0.05, 0.1) is 19.8 Å². The molecule has 3 rings (SSSR count). The molecule has 22 heavy (non-hydrogen) atoms. The van der Waals surface area contributed by atoms with Crippen molar-refractivity contribution in [2.75, 3.05) is 19.8 Å². The third kappa shape index (κ3) is 4.37. The fraction of sp³-hybridized carbons (Fsp3) is 0.588. The predicted molar refractivity (Wildman–Crippen MR) is 87.1 cm³/mol. The van der Waals surface area contributed by atoms with E-state index in [0.29, 0.717) is 31.1 Å². The van der Waals surface area contributed by atoms with Gasteiger partial charge in [-0.15, -0.1) is 0 Å². The summed E-state index contributed by atoms with van der Waals surface area (Å²) in [6, 6.07) is 6.76. The van der Waals surface area contributed by atoms with Gasteiger partial charge in [0.2, 0.25) is 0 Å². The number of nitrogens with two attached hydrogens (primary N) is 1. The van der Waals surface area contributed by atoms with E-state index in [-0.39, 0.29) is 0 Å². The lowest BCUT2D eigenvalue weighted by Gasteiger charge is -2.14. The Kier molecular flexibility index (Phi) is 4.83. The molecule has 1 saturated carbocycles. The predicted octanol–water partition coefficient (Wildman–Crippen LogP) is 1.98. The number of nitrogens with one attached hydrogen (secondary N) is 1. The highest BCUT2D eigenvalue weighted by atomic mass is 16.5. The van der Waals surface area contributed by atoms with Gasteiger partial charge >= 0.3 is 0 Å². The van der Waals surface area contributed by atoms with Crippen molar-refractivity contribution in [2.45, 2.75) is 38.8 Å². The quantitative estimate of drug-likeness (QED) is 0.623. The van der Waals surface area contributed by atoms with Gasteiger partial charge in [-0.2, -0.15) is 0 Å². The molecule has 2 fully saturated rings. The summed E-state index contributed by atoms with van der Waals surface area (Å²) < 4.78 is 11.4. The number of aryl methyl sites for hydroxylation is 1. The maximum atomic E-state index is 6.02. The van der Waals surface area contributed by atoms with Gasteiger partial charge in [-0.25, -0.2) is 4.99 Å². The van der Waals surface area contributed by atoms with Crippen LogP contribution in [0.15, 0.2) is 23.2 Å². The van der Waals surface area contributed by atoms with E-state index >= 15 is 0 Å². The van der Waals surface area contributed by atoms with Crippen molar-refractivity contribution in [1.82, 2.24) is 5.32 Å². The first-order valence-electron chi connectivity index (χ1n) is 8.07. The van der Waals surface area contributed by atoms with Crippen LogP contribution in [0.5, 0.6) is 5.75 Å². The summed E-state index contributed by atoms with van der Waals surface area (Å²) in [6.45, 7) is 4.97. The zero-order valence-corrected chi connectivity index (χ0v) is 13.2. The summed E-state index contributed by atoms with van der Waals surface area (Å²) in [4.78, 5) is 4.42. The summed E-state index contributed by atoms with van der Waals surface area (Å²) in [5, 5.41) is 3.20. The fourth-order valence-electron chi connectivity index (χ4n) is 2.50. The van der Waals surface area contributed by atoms with Crippen molar-refractivity contribution in [2.24, 2.45) is 16.6 Å². The molecule has 1 aromatic carbocycles. The van der Waals surface area contributed by atoms with Crippen LogP contribution in [-0.2, 0) is 11.3 Å². The Labute approximate surface area is 131 Å². The van der Waals surface area contributed by atoms with Gasteiger partial charge < -0.3 is 20.5 Å². The minimum absolute atomic E-state index is 0.499. The van der Waals surface area contributed by atoms with E-state index in [1.807, 2.05) is 0 Å². The van der Waals surface area contributed by atoms with Crippen molar-refractivity contribution in [1.29, 1.82) is 0 Å². The van der Waals surface area contributed by atoms with Crippen LogP contribution in [0.4, 0.5) is 0 Å². The highest BCUT2D eigenvalue weighted by Crippen LogP contribution is 2.23. The Bertz CT molecular complexity index is 535.